The van der Waals surface area contributed by atoms with E-state index in [-0.39, 0.29) is 17.1 Å². The second-order valence-corrected chi connectivity index (χ2v) is 21.8. The maximum Gasteiger partial charge on any atom is 0.329 e. The second-order valence-electron chi connectivity index (χ2n) is 19.3. The number of esters is 2. The molecule has 2 aliphatic heterocycles. The lowest BCUT2D eigenvalue weighted by molar-refractivity contribution is -0.160. The van der Waals surface area contributed by atoms with E-state index in [9.17, 15) is 38.4 Å². The summed E-state index contributed by atoms with van der Waals surface area (Å²) < 4.78 is 10.5. The average molecular weight is 1100 g/mol. The van der Waals surface area contributed by atoms with Gasteiger partial charge in [-0.05, 0) is 56.2 Å². The van der Waals surface area contributed by atoms with Crippen LogP contribution in [-0.2, 0) is 47.8 Å². The van der Waals surface area contributed by atoms with Crippen LogP contribution >= 0.6 is 23.5 Å². The highest BCUT2D eigenvalue weighted by Crippen LogP contribution is 2.32. The number of hydrogen-bond acceptors (Lipinski definition) is 18. The van der Waals surface area contributed by atoms with E-state index in [1.54, 1.807) is 82.5 Å². The number of aromatic nitrogens is 4. The van der Waals surface area contributed by atoms with Crippen molar-refractivity contribution < 1.29 is 57.4 Å². The molecular formula is C51H64N12O12S2. The van der Waals surface area contributed by atoms with Crippen molar-refractivity contribution >= 4 is 105 Å². The third-order valence-corrected chi connectivity index (χ3v) is 16.0. The highest BCUT2D eigenvalue weighted by Gasteiger charge is 2.45. The van der Waals surface area contributed by atoms with E-state index in [0.29, 0.717) is 22.1 Å². The normalized spacial score (nSPS) is 25.4. The number of thioether (sulfide) groups is 2. The highest BCUT2D eigenvalue weighted by atomic mass is 32.2. The summed E-state index contributed by atoms with van der Waals surface area (Å²) in [4.78, 5) is 166. The predicted molar refractivity (Wildman–Crippen MR) is 284 cm³/mol. The summed E-state index contributed by atoms with van der Waals surface area (Å²) >= 11 is 2.16. The fourth-order valence-electron chi connectivity index (χ4n) is 8.88. The van der Waals surface area contributed by atoms with Crippen molar-refractivity contribution in [3.8, 4) is 0 Å². The van der Waals surface area contributed by atoms with Gasteiger partial charge in [0.2, 0.25) is 35.4 Å². The molecule has 0 aliphatic carbocycles. The molecular weight excluding hydrogens is 1040 g/mol. The van der Waals surface area contributed by atoms with Gasteiger partial charge in [0.15, 0.2) is 0 Å². The molecule has 2 aliphatic rings. The Morgan fingerprint density at radius 2 is 1.01 bits per heavy atom. The van der Waals surface area contributed by atoms with Crippen LogP contribution in [0.25, 0.3) is 22.1 Å². The summed E-state index contributed by atoms with van der Waals surface area (Å²) in [5.74, 6) is -10.4. The van der Waals surface area contributed by atoms with Crippen LogP contribution in [0.1, 0.15) is 62.5 Å². The molecule has 4 heterocycles. The van der Waals surface area contributed by atoms with E-state index >= 15 is 9.59 Å². The molecule has 2 saturated heterocycles. The molecule has 26 heteroatoms. The van der Waals surface area contributed by atoms with Gasteiger partial charge in [-0.2, -0.15) is 0 Å². The van der Waals surface area contributed by atoms with Gasteiger partial charge in [-0.15, -0.1) is 23.5 Å². The zero-order chi connectivity index (χ0) is 56.6. The Morgan fingerprint density at radius 3 is 1.43 bits per heavy atom. The largest absolute Gasteiger partial charge is 0.461 e. The number of rotatable bonds is 7. The number of likely N-dealkylation sites (N-methyl/N-ethyl adjacent to an activating group) is 4. The third kappa shape index (κ3) is 13.6. The minimum Gasteiger partial charge on any atom is -0.461 e. The number of hydrogen-bond donors (Lipinski definition) is 4. The first kappa shape index (κ1) is 58.8. The fraction of sp³-hybridized carbons (Fsp3) is 0.490. The highest BCUT2D eigenvalue weighted by molar-refractivity contribution is 8.16. The van der Waals surface area contributed by atoms with Crippen molar-refractivity contribution in [2.75, 3.05) is 53.4 Å². The molecule has 8 amide bonds. The SMILES string of the molecule is CSC1SC[C@@H]2C(=O)N(C)[C@@H](C(C)C)C(=O)OC[C@@H](NC(=O)c3cnc4ccccc4n3)C(=O)N[C@@H](C)C(=O)N(C)[C@@H]1C(=O)N(C)[C@@H](C(C)C)C(=O)OC[C@@H](NC(=O)c1cnc3ccccc3n1)C(=O)N[C@@H](C)C(=O)N2C. The van der Waals surface area contributed by atoms with Gasteiger partial charge in [0.25, 0.3) is 11.8 Å². The summed E-state index contributed by atoms with van der Waals surface area (Å²) in [5.41, 5.74) is 1.38. The molecule has 24 nitrogen and oxygen atoms in total. The van der Waals surface area contributed by atoms with Gasteiger partial charge in [0.05, 0.1) is 39.0 Å². The number of cyclic esters (lactones) is 2. The first-order valence-corrected chi connectivity index (χ1v) is 27.0. The Bertz CT molecular complexity index is 2930. The Hall–Kier alpha value is -7.48. The first-order valence-electron chi connectivity index (χ1n) is 24.7. The molecule has 2 aromatic heterocycles. The fourth-order valence-corrected chi connectivity index (χ4v) is 11.4. The van der Waals surface area contributed by atoms with Crippen molar-refractivity contribution in [3.63, 3.8) is 0 Å². The molecule has 6 rings (SSSR count). The Kier molecular flexibility index (Phi) is 19.5. The summed E-state index contributed by atoms with van der Waals surface area (Å²) in [5, 5.41) is 10.2. The van der Waals surface area contributed by atoms with Crippen molar-refractivity contribution in [1.82, 2.24) is 60.8 Å². The number of benzene rings is 2. The molecule has 9 atom stereocenters. The molecule has 2 aromatic carbocycles. The summed E-state index contributed by atoms with van der Waals surface area (Å²) in [6.45, 7) is 7.69. The van der Waals surface area contributed by atoms with Crippen LogP contribution in [0.15, 0.2) is 60.9 Å². The molecule has 0 spiro atoms. The second kappa shape index (κ2) is 25.6. The molecule has 0 radical (unpaired) electrons. The number of para-hydroxylation sites is 4. The average Bonchev–Trinajstić information content (AvgIpc) is 3.40. The van der Waals surface area contributed by atoms with Crippen molar-refractivity contribution in [1.29, 1.82) is 0 Å². The van der Waals surface area contributed by atoms with E-state index < -0.39 is 137 Å². The zero-order valence-corrected chi connectivity index (χ0v) is 46.2. The smallest absolute Gasteiger partial charge is 0.329 e. The molecule has 4 aromatic rings. The standard InChI is InChI=1S/C51H64N12O12S2/c1-25(2)38-49(72)74-22-36(59-42(65)34-21-53-30-17-13-15-19-32(30)57-34)44(67)55-28(6)46(69)63(10)40-48(71)62(9)39(26(3)4)50(73)75-23-35(58-41(64)33-20-52-29-16-12-14-18-31(29)56-33)43(66)54-27(5)45(68)60(7)37(47(70)61(38)8)24-77-51(40)76-11/h12-21,25-28,35-40,51H,22-24H2,1-11H3,(H,54,66)(H,55,67)(H,58,64)(H,59,65)/t27-,28-,35+,36+,37+,38-,39-,40+,51?/m0/s1. The minimum atomic E-state index is -1.66. The van der Waals surface area contributed by atoms with E-state index in [0.717, 1.165) is 43.1 Å². The molecule has 77 heavy (non-hydrogen) atoms. The van der Waals surface area contributed by atoms with Gasteiger partial charge < -0.3 is 50.3 Å². The van der Waals surface area contributed by atoms with Crippen LogP contribution in [-0.4, -0.2) is 205 Å². The number of fused-ring (bicyclic) bond motifs is 6. The number of amides is 8. The van der Waals surface area contributed by atoms with Crippen LogP contribution in [0.5, 0.6) is 0 Å². The summed E-state index contributed by atoms with van der Waals surface area (Å²) in [7, 11) is 5.32. The maximum absolute atomic E-state index is 15.2. The van der Waals surface area contributed by atoms with Gasteiger partial charge in [-0.1, -0.05) is 52.0 Å². The van der Waals surface area contributed by atoms with Gasteiger partial charge in [-0.25, -0.2) is 19.6 Å². The van der Waals surface area contributed by atoms with Crippen LogP contribution in [0.2, 0.25) is 0 Å². The Morgan fingerprint density at radius 1 is 0.610 bits per heavy atom. The number of nitrogens with zero attached hydrogens (tertiary/aromatic N) is 8. The van der Waals surface area contributed by atoms with E-state index in [1.165, 1.54) is 54.4 Å². The lowest BCUT2D eigenvalue weighted by Gasteiger charge is -2.40. The lowest BCUT2D eigenvalue weighted by atomic mass is 10.0. The van der Waals surface area contributed by atoms with Crippen molar-refractivity contribution in [2.24, 2.45) is 11.8 Å². The zero-order valence-electron chi connectivity index (χ0n) is 44.5. The summed E-state index contributed by atoms with van der Waals surface area (Å²) in [6, 6.07) is 1.79. The minimum absolute atomic E-state index is 0.182. The first-order chi connectivity index (χ1) is 36.4. The Balaban J connectivity index is 1.43. The van der Waals surface area contributed by atoms with Gasteiger partial charge in [0, 0.05) is 33.9 Å². The van der Waals surface area contributed by atoms with Gasteiger partial charge in [0.1, 0.15) is 72.9 Å². The molecule has 2 fully saturated rings. The van der Waals surface area contributed by atoms with Gasteiger partial charge >= 0.3 is 11.9 Å². The molecule has 1 unspecified atom stereocenters. The van der Waals surface area contributed by atoms with E-state index in [1.807, 2.05) is 0 Å². The quantitative estimate of drug-likeness (QED) is 0.185. The topological polar surface area (TPSA) is 302 Å². The molecule has 2 bridgehead atoms. The maximum atomic E-state index is 15.2. The van der Waals surface area contributed by atoms with Crippen LogP contribution in [0.3, 0.4) is 0 Å². The van der Waals surface area contributed by atoms with Gasteiger partial charge in [-0.3, -0.25) is 48.3 Å². The van der Waals surface area contributed by atoms with E-state index in [2.05, 4.69) is 41.2 Å². The van der Waals surface area contributed by atoms with Crippen LogP contribution < -0.4 is 21.3 Å². The van der Waals surface area contributed by atoms with Crippen LogP contribution in [0.4, 0.5) is 0 Å². The lowest BCUT2D eigenvalue weighted by Crippen LogP contribution is -2.60. The summed E-state index contributed by atoms with van der Waals surface area (Å²) in [6.07, 6.45) is 4.06. The third-order valence-electron chi connectivity index (χ3n) is 13.2. The molecule has 412 valence electrons. The van der Waals surface area contributed by atoms with Crippen LogP contribution in [0, 0.1) is 11.8 Å². The van der Waals surface area contributed by atoms with Crippen molar-refractivity contribution in [2.45, 2.75) is 94.5 Å². The number of carbonyl (C=O) groups excluding carboxylic acids is 10. The molecule has 4 N–H and O–H groups in total. The number of nitrogens with one attached hydrogen (secondary N) is 4. The predicted octanol–water partition coefficient (Wildman–Crippen LogP) is 0.635. The monoisotopic (exact) mass is 1100 g/mol. The number of ether oxygens (including phenoxy) is 2. The number of carbonyl (C=O) groups is 10. The molecule has 0 saturated carbocycles. The van der Waals surface area contributed by atoms with E-state index in [4.69, 9.17) is 9.47 Å². The Labute approximate surface area is 453 Å². The van der Waals surface area contributed by atoms with Crippen molar-refractivity contribution in [3.05, 3.63) is 72.3 Å².